The van der Waals surface area contributed by atoms with Gasteiger partial charge in [-0.15, -0.1) is 0 Å². The van der Waals surface area contributed by atoms with Crippen LogP contribution in [0.5, 0.6) is 0 Å². The van der Waals surface area contributed by atoms with E-state index in [0.29, 0.717) is 11.5 Å². The second kappa shape index (κ2) is 6.27. The number of nitrogens with zero attached hydrogens (tertiary/aromatic N) is 3. The molecular weight excluding hydrogens is 300 g/mol. The normalized spacial score (nSPS) is 22.0. The summed E-state index contributed by atoms with van der Waals surface area (Å²) in [7, 11) is 0. The molecule has 5 heteroatoms. The second-order valence-corrected chi connectivity index (χ2v) is 7.07. The molecule has 24 heavy (non-hydrogen) atoms. The van der Waals surface area contributed by atoms with Gasteiger partial charge in [-0.2, -0.15) is 5.26 Å². The number of aromatic nitrogens is 2. The van der Waals surface area contributed by atoms with Gasteiger partial charge in [0.25, 0.3) is 0 Å². The Kier molecular flexibility index (Phi) is 3.97. The number of amides is 1. The molecule has 0 bridgehead atoms. The fourth-order valence-electron chi connectivity index (χ4n) is 4.08. The highest BCUT2D eigenvalue weighted by atomic mass is 16.2. The van der Waals surface area contributed by atoms with Gasteiger partial charge in [0.1, 0.15) is 5.82 Å². The van der Waals surface area contributed by atoms with Crippen molar-refractivity contribution in [2.24, 2.45) is 5.92 Å². The van der Waals surface area contributed by atoms with Crippen molar-refractivity contribution >= 4 is 16.9 Å². The van der Waals surface area contributed by atoms with E-state index in [0.717, 1.165) is 49.2 Å². The maximum Gasteiger partial charge on any atom is 0.225 e. The van der Waals surface area contributed by atoms with Crippen molar-refractivity contribution in [1.82, 2.24) is 14.9 Å². The molecule has 0 spiro atoms. The first-order chi connectivity index (χ1) is 11.7. The molecule has 2 fully saturated rings. The molecule has 2 aromatic rings. The van der Waals surface area contributed by atoms with Crippen molar-refractivity contribution in [2.75, 3.05) is 13.1 Å². The van der Waals surface area contributed by atoms with Gasteiger partial charge in [0.15, 0.2) is 0 Å². The third-order valence-electron chi connectivity index (χ3n) is 5.47. The molecule has 1 aromatic heterocycles. The van der Waals surface area contributed by atoms with E-state index < -0.39 is 0 Å². The number of rotatable bonds is 2. The van der Waals surface area contributed by atoms with Crippen LogP contribution in [-0.4, -0.2) is 33.9 Å². The number of fused-ring (bicyclic) bond motifs is 1. The maximum atomic E-state index is 12.7. The average molecular weight is 322 g/mol. The van der Waals surface area contributed by atoms with Gasteiger partial charge in [0.2, 0.25) is 5.91 Å². The highest BCUT2D eigenvalue weighted by Crippen LogP contribution is 2.31. The smallest absolute Gasteiger partial charge is 0.225 e. The lowest BCUT2D eigenvalue weighted by Gasteiger charge is -2.26. The van der Waals surface area contributed by atoms with Crippen LogP contribution < -0.4 is 0 Å². The molecule has 1 N–H and O–H groups in total. The number of nitrogens with one attached hydrogen (secondary N) is 1. The average Bonchev–Trinajstić information content (AvgIpc) is 3.27. The van der Waals surface area contributed by atoms with E-state index in [-0.39, 0.29) is 11.8 Å². The van der Waals surface area contributed by atoms with Crippen LogP contribution in [-0.2, 0) is 4.79 Å². The zero-order chi connectivity index (χ0) is 16.5. The summed E-state index contributed by atoms with van der Waals surface area (Å²) < 4.78 is 0. The van der Waals surface area contributed by atoms with Crippen LogP contribution in [0, 0.1) is 17.2 Å². The SMILES string of the molecule is N#Cc1ccc2nc([C@H]3CCN(C(=O)C4CCCCC4)C3)[nH]c2c1. The maximum absolute atomic E-state index is 12.7. The molecule has 1 aromatic carbocycles. The van der Waals surface area contributed by atoms with E-state index in [9.17, 15) is 4.79 Å². The fourth-order valence-corrected chi connectivity index (χ4v) is 4.08. The molecule has 1 saturated heterocycles. The molecule has 1 saturated carbocycles. The number of hydrogen-bond acceptors (Lipinski definition) is 3. The fraction of sp³-hybridized carbons (Fsp3) is 0.526. The van der Waals surface area contributed by atoms with Gasteiger partial charge in [0.05, 0.1) is 22.7 Å². The quantitative estimate of drug-likeness (QED) is 0.921. The number of benzene rings is 1. The number of nitriles is 1. The Labute approximate surface area is 141 Å². The lowest BCUT2D eigenvalue weighted by Crippen LogP contribution is -2.35. The van der Waals surface area contributed by atoms with Crippen LogP contribution in [0.25, 0.3) is 11.0 Å². The van der Waals surface area contributed by atoms with Crippen LogP contribution in [0.15, 0.2) is 18.2 Å². The van der Waals surface area contributed by atoms with Crippen molar-refractivity contribution in [3.05, 3.63) is 29.6 Å². The van der Waals surface area contributed by atoms with Crippen LogP contribution in [0.1, 0.15) is 55.8 Å². The van der Waals surface area contributed by atoms with Crippen molar-refractivity contribution in [1.29, 1.82) is 5.26 Å². The number of likely N-dealkylation sites (tertiary alicyclic amines) is 1. The van der Waals surface area contributed by atoms with Crippen molar-refractivity contribution in [3.8, 4) is 6.07 Å². The Morgan fingerprint density at radius 2 is 2.08 bits per heavy atom. The highest BCUT2D eigenvalue weighted by Gasteiger charge is 2.33. The number of hydrogen-bond donors (Lipinski definition) is 1. The zero-order valence-electron chi connectivity index (χ0n) is 13.8. The van der Waals surface area contributed by atoms with Gasteiger partial charge in [-0.3, -0.25) is 4.79 Å². The Morgan fingerprint density at radius 3 is 2.88 bits per heavy atom. The summed E-state index contributed by atoms with van der Waals surface area (Å²) in [4.78, 5) is 22.8. The first-order valence-electron chi connectivity index (χ1n) is 8.93. The van der Waals surface area contributed by atoms with Crippen LogP contribution in [0.3, 0.4) is 0 Å². The largest absolute Gasteiger partial charge is 0.342 e. The van der Waals surface area contributed by atoms with Crippen LogP contribution in [0.4, 0.5) is 0 Å². The third kappa shape index (κ3) is 2.77. The summed E-state index contributed by atoms with van der Waals surface area (Å²) in [5.74, 6) is 1.81. The summed E-state index contributed by atoms with van der Waals surface area (Å²) in [5.41, 5.74) is 2.43. The van der Waals surface area contributed by atoms with Gasteiger partial charge in [0, 0.05) is 24.9 Å². The van der Waals surface area contributed by atoms with Crippen molar-refractivity contribution < 1.29 is 4.79 Å². The summed E-state index contributed by atoms with van der Waals surface area (Å²) >= 11 is 0. The third-order valence-corrected chi connectivity index (χ3v) is 5.47. The number of carbonyl (C=O) groups excluding carboxylic acids is 1. The minimum atomic E-state index is 0.242. The molecule has 4 rings (SSSR count). The molecule has 2 heterocycles. The predicted molar refractivity (Wildman–Crippen MR) is 91.3 cm³/mol. The number of aromatic amines is 1. The Morgan fingerprint density at radius 1 is 1.25 bits per heavy atom. The van der Waals surface area contributed by atoms with Crippen LogP contribution >= 0.6 is 0 Å². The summed E-state index contributed by atoms with van der Waals surface area (Å²) in [6, 6.07) is 7.67. The minimum Gasteiger partial charge on any atom is -0.342 e. The van der Waals surface area contributed by atoms with Gasteiger partial charge in [-0.25, -0.2) is 4.98 Å². The zero-order valence-corrected chi connectivity index (χ0v) is 13.8. The van der Waals surface area contributed by atoms with Gasteiger partial charge in [-0.05, 0) is 37.5 Å². The van der Waals surface area contributed by atoms with E-state index in [2.05, 4.69) is 16.0 Å². The Bertz CT molecular complexity index is 797. The predicted octanol–water partition coefficient (Wildman–Crippen LogP) is 3.33. The first-order valence-corrected chi connectivity index (χ1v) is 8.93. The Hall–Kier alpha value is -2.35. The lowest BCUT2D eigenvalue weighted by molar-refractivity contribution is -0.135. The van der Waals surface area contributed by atoms with E-state index in [4.69, 9.17) is 5.26 Å². The molecule has 2 aliphatic rings. The molecule has 124 valence electrons. The second-order valence-electron chi connectivity index (χ2n) is 7.07. The van der Waals surface area contributed by atoms with E-state index >= 15 is 0 Å². The highest BCUT2D eigenvalue weighted by molar-refractivity contribution is 5.79. The molecule has 1 amide bonds. The van der Waals surface area contributed by atoms with Crippen molar-refractivity contribution in [3.63, 3.8) is 0 Å². The number of H-pyrrole nitrogens is 1. The summed E-state index contributed by atoms with van der Waals surface area (Å²) in [5, 5.41) is 9.01. The molecular formula is C19H22N4O. The molecule has 0 radical (unpaired) electrons. The topological polar surface area (TPSA) is 72.8 Å². The molecule has 5 nitrogen and oxygen atoms in total. The minimum absolute atomic E-state index is 0.242. The monoisotopic (exact) mass is 322 g/mol. The van der Waals surface area contributed by atoms with Crippen molar-refractivity contribution in [2.45, 2.75) is 44.4 Å². The van der Waals surface area contributed by atoms with E-state index in [1.165, 1.54) is 19.3 Å². The number of carbonyl (C=O) groups is 1. The summed E-state index contributed by atoms with van der Waals surface area (Å²) in [6.45, 7) is 1.60. The Balaban J connectivity index is 1.48. The van der Waals surface area contributed by atoms with Crippen LogP contribution in [0.2, 0.25) is 0 Å². The van der Waals surface area contributed by atoms with E-state index in [1.807, 2.05) is 17.0 Å². The molecule has 0 unspecified atom stereocenters. The number of imidazole rings is 1. The molecule has 1 aliphatic heterocycles. The van der Waals surface area contributed by atoms with Gasteiger partial charge >= 0.3 is 0 Å². The van der Waals surface area contributed by atoms with Gasteiger partial charge in [-0.1, -0.05) is 19.3 Å². The summed E-state index contributed by atoms with van der Waals surface area (Å²) in [6.07, 6.45) is 6.74. The van der Waals surface area contributed by atoms with Gasteiger partial charge < -0.3 is 9.88 Å². The standard InChI is InChI=1S/C19H22N4O/c20-11-13-6-7-16-17(10-13)22-18(21-16)15-8-9-23(12-15)19(24)14-4-2-1-3-5-14/h6-7,10,14-15H,1-5,8-9,12H2,(H,21,22)/t15-/m0/s1. The first kappa shape index (κ1) is 15.2. The van der Waals surface area contributed by atoms with E-state index in [1.54, 1.807) is 6.07 Å². The molecule has 1 aliphatic carbocycles. The molecule has 1 atom stereocenters. The lowest BCUT2D eigenvalue weighted by atomic mass is 9.88.